The van der Waals surface area contributed by atoms with Crippen LogP contribution in [0.3, 0.4) is 0 Å². The van der Waals surface area contributed by atoms with Crippen molar-refractivity contribution in [2.24, 2.45) is 0 Å². The molecule has 5 heteroatoms. The molecular weight excluding hydrogens is 436 g/mol. The van der Waals surface area contributed by atoms with Gasteiger partial charge in [-0.05, 0) is 72.4 Å². The van der Waals surface area contributed by atoms with E-state index in [1.54, 1.807) is 18.2 Å². The summed E-state index contributed by atoms with van der Waals surface area (Å²) in [6.45, 7) is 0.866. The number of anilines is 1. The normalized spacial score (nSPS) is 14.1. The van der Waals surface area contributed by atoms with Crippen LogP contribution in [0.1, 0.15) is 49.1 Å². The molecule has 1 amide bonds. The van der Waals surface area contributed by atoms with Gasteiger partial charge in [-0.15, -0.1) is 0 Å². The Bertz CT molecular complexity index is 1160. The number of rotatable bonds is 9. The summed E-state index contributed by atoms with van der Waals surface area (Å²) in [5.74, 6) is 1.81. The summed E-state index contributed by atoms with van der Waals surface area (Å²) in [7, 11) is 0. The molecule has 0 radical (unpaired) electrons. The Morgan fingerprint density at radius 3 is 2.06 bits per heavy atom. The predicted octanol–water partition coefficient (Wildman–Crippen LogP) is 6.74. The number of para-hydroxylation sites is 1. The van der Waals surface area contributed by atoms with Crippen molar-refractivity contribution in [1.82, 2.24) is 0 Å². The maximum atomic E-state index is 12.4. The fourth-order valence-corrected chi connectivity index (χ4v) is 4.29. The first-order chi connectivity index (χ1) is 17.2. The Labute approximate surface area is 207 Å². The summed E-state index contributed by atoms with van der Waals surface area (Å²) < 4.78 is 11.6. The molecule has 1 aliphatic rings. The van der Waals surface area contributed by atoms with E-state index in [0.717, 1.165) is 11.3 Å². The van der Waals surface area contributed by atoms with E-state index in [2.05, 4.69) is 17.4 Å². The van der Waals surface area contributed by atoms with Crippen LogP contribution in [-0.4, -0.2) is 19.1 Å². The molecule has 35 heavy (non-hydrogen) atoms. The van der Waals surface area contributed by atoms with Gasteiger partial charge in [-0.25, -0.2) is 0 Å². The third-order valence-corrected chi connectivity index (χ3v) is 6.17. The van der Waals surface area contributed by atoms with Gasteiger partial charge in [-0.2, -0.15) is 5.26 Å². The van der Waals surface area contributed by atoms with E-state index in [1.807, 2.05) is 60.7 Å². The summed E-state index contributed by atoms with van der Waals surface area (Å²) in [6, 6.07) is 26.7. The van der Waals surface area contributed by atoms with Crippen molar-refractivity contribution in [3.8, 4) is 17.6 Å². The largest absolute Gasteiger partial charge is 0.490 e. The molecule has 0 spiro atoms. The smallest absolute Gasteiger partial charge is 0.266 e. The number of hydrogen-bond donors (Lipinski definition) is 1. The third kappa shape index (κ3) is 7.22. The van der Waals surface area contributed by atoms with E-state index in [9.17, 15) is 10.1 Å². The number of hydrogen-bond acceptors (Lipinski definition) is 4. The molecule has 178 valence electrons. The first-order valence-electron chi connectivity index (χ1n) is 12.1. The molecule has 3 aromatic rings. The molecular formula is C30H30N2O3. The van der Waals surface area contributed by atoms with Crippen molar-refractivity contribution in [1.29, 1.82) is 5.26 Å². The summed E-state index contributed by atoms with van der Waals surface area (Å²) in [6.07, 6.45) is 8.18. The van der Waals surface area contributed by atoms with E-state index in [-0.39, 0.29) is 5.57 Å². The number of carbonyl (C=O) groups is 1. The quantitative estimate of drug-likeness (QED) is 0.215. The number of benzene rings is 3. The Morgan fingerprint density at radius 1 is 0.857 bits per heavy atom. The molecule has 1 N–H and O–H groups in total. The minimum absolute atomic E-state index is 0.0328. The van der Waals surface area contributed by atoms with Crippen molar-refractivity contribution in [3.63, 3.8) is 0 Å². The maximum Gasteiger partial charge on any atom is 0.266 e. The molecule has 3 aromatic carbocycles. The monoisotopic (exact) mass is 466 g/mol. The van der Waals surface area contributed by atoms with Crippen molar-refractivity contribution < 1.29 is 14.3 Å². The number of nitrogens with zero attached hydrogens (tertiary/aromatic N) is 1. The van der Waals surface area contributed by atoms with E-state index in [0.29, 0.717) is 30.6 Å². The second-order valence-corrected chi connectivity index (χ2v) is 8.66. The average molecular weight is 467 g/mol. The van der Waals surface area contributed by atoms with Gasteiger partial charge < -0.3 is 14.8 Å². The number of amides is 1. The molecule has 0 saturated heterocycles. The molecule has 1 saturated carbocycles. The average Bonchev–Trinajstić information content (AvgIpc) is 2.92. The highest BCUT2D eigenvalue weighted by molar-refractivity contribution is 6.09. The van der Waals surface area contributed by atoms with Gasteiger partial charge in [-0.1, -0.05) is 61.7 Å². The highest BCUT2D eigenvalue weighted by atomic mass is 16.5. The van der Waals surface area contributed by atoms with Crippen LogP contribution in [-0.2, 0) is 4.79 Å². The molecule has 0 aliphatic heterocycles. The lowest BCUT2D eigenvalue weighted by Gasteiger charge is -2.22. The molecule has 0 heterocycles. The molecule has 1 fully saturated rings. The van der Waals surface area contributed by atoms with Crippen molar-refractivity contribution in [2.45, 2.75) is 38.0 Å². The van der Waals surface area contributed by atoms with Gasteiger partial charge in [-0.3, -0.25) is 4.79 Å². The second kappa shape index (κ2) is 12.4. The van der Waals surface area contributed by atoms with Crippen LogP contribution in [0, 0.1) is 11.3 Å². The number of ether oxygens (including phenoxy) is 2. The van der Waals surface area contributed by atoms with E-state index < -0.39 is 5.91 Å². The maximum absolute atomic E-state index is 12.4. The third-order valence-electron chi connectivity index (χ3n) is 6.17. The van der Waals surface area contributed by atoms with Crippen LogP contribution < -0.4 is 14.8 Å². The molecule has 0 bridgehead atoms. The van der Waals surface area contributed by atoms with Gasteiger partial charge in [0.15, 0.2) is 0 Å². The zero-order chi connectivity index (χ0) is 24.3. The predicted molar refractivity (Wildman–Crippen MR) is 138 cm³/mol. The highest BCUT2D eigenvalue weighted by Crippen LogP contribution is 2.33. The van der Waals surface area contributed by atoms with Gasteiger partial charge in [0.2, 0.25) is 0 Å². The lowest BCUT2D eigenvalue weighted by molar-refractivity contribution is -0.112. The van der Waals surface area contributed by atoms with Crippen LogP contribution in [0.5, 0.6) is 11.5 Å². The second-order valence-electron chi connectivity index (χ2n) is 8.66. The molecule has 0 atom stereocenters. The first kappa shape index (κ1) is 24.1. The number of carbonyl (C=O) groups excluding carboxylic acids is 1. The molecule has 5 nitrogen and oxygen atoms in total. The number of nitrogens with one attached hydrogen (secondary N) is 1. The van der Waals surface area contributed by atoms with Crippen LogP contribution >= 0.6 is 0 Å². The van der Waals surface area contributed by atoms with Crippen LogP contribution in [0.2, 0.25) is 0 Å². The first-order valence-corrected chi connectivity index (χ1v) is 12.1. The minimum atomic E-state index is -0.442. The molecule has 0 unspecified atom stereocenters. The summed E-state index contributed by atoms with van der Waals surface area (Å²) in [5.41, 5.74) is 2.83. The molecule has 1 aliphatic carbocycles. The van der Waals surface area contributed by atoms with Gasteiger partial charge >= 0.3 is 0 Å². The Kier molecular flexibility index (Phi) is 8.56. The fourth-order valence-electron chi connectivity index (χ4n) is 4.29. The lowest BCUT2D eigenvalue weighted by atomic mass is 9.84. The van der Waals surface area contributed by atoms with Gasteiger partial charge in [0, 0.05) is 5.69 Å². The minimum Gasteiger partial charge on any atom is -0.490 e. The summed E-state index contributed by atoms with van der Waals surface area (Å²) >= 11 is 0. The van der Waals surface area contributed by atoms with E-state index in [1.165, 1.54) is 37.7 Å². The van der Waals surface area contributed by atoms with E-state index in [4.69, 9.17) is 9.47 Å². The van der Waals surface area contributed by atoms with Crippen LogP contribution in [0.4, 0.5) is 5.69 Å². The Balaban J connectivity index is 1.23. The van der Waals surface area contributed by atoms with E-state index >= 15 is 0 Å². The SMILES string of the molecule is N#C/C(=C\c1ccc(OCCOc2ccc(C3CCCCC3)cc2)cc1)C(=O)Nc1ccccc1. The Hall–Kier alpha value is -4.04. The Morgan fingerprint density at radius 2 is 1.46 bits per heavy atom. The van der Waals surface area contributed by atoms with Gasteiger partial charge in [0.1, 0.15) is 36.4 Å². The fraction of sp³-hybridized carbons (Fsp3) is 0.267. The van der Waals surface area contributed by atoms with Crippen molar-refractivity contribution in [2.75, 3.05) is 18.5 Å². The number of nitriles is 1. The highest BCUT2D eigenvalue weighted by Gasteiger charge is 2.15. The van der Waals surface area contributed by atoms with Crippen molar-refractivity contribution >= 4 is 17.7 Å². The van der Waals surface area contributed by atoms with Crippen molar-refractivity contribution in [3.05, 3.63) is 95.6 Å². The van der Waals surface area contributed by atoms with Gasteiger partial charge in [0.25, 0.3) is 5.91 Å². The summed E-state index contributed by atoms with van der Waals surface area (Å²) in [4.78, 5) is 12.4. The standard InChI is InChI=1S/C30H30N2O3/c31-22-26(30(33)32-27-9-5-2-6-10-27)21-23-11-15-28(16-12-23)34-19-20-35-29-17-13-25(14-18-29)24-7-3-1-4-8-24/h2,5-6,9-18,21,24H,1,3-4,7-8,19-20H2,(H,32,33)/b26-21+. The zero-order valence-electron chi connectivity index (χ0n) is 19.8. The zero-order valence-corrected chi connectivity index (χ0v) is 19.8. The van der Waals surface area contributed by atoms with Gasteiger partial charge in [0.05, 0.1) is 0 Å². The van der Waals surface area contributed by atoms with Crippen LogP contribution in [0.25, 0.3) is 6.08 Å². The molecule has 0 aromatic heterocycles. The topological polar surface area (TPSA) is 71.3 Å². The van der Waals surface area contributed by atoms with Crippen LogP contribution in [0.15, 0.2) is 84.4 Å². The lowest BCUT2D eigenvalue weighted by Crippen LogP contribution is -2.13. The summed E-state index contributed by atoms with van der Waals surface area (Å²) in [5, 5.41) is 12.1. The molecule has 4 rings (SSSR count).